The molecule has 96 valence electrons. The van der Waals surface area contributed by atoms with Crippen molar-refractivity contribution in [1.82, 2.24) is 5.32 Å². The number of carbonyl (C=O) groups excluding carboxylic acids is 1. The standard InChI is InChI=1S/C12H14N2O4/c13-11(15)9(14-12(16)17)6-7-1-2-10-8(5-7)3-4-18-10/h1-2,5,9,14H,3-4,6H2,(H2,13,15)(H,16,17)/t9-/m0/s1. The molecule has 1 aliphatic heterocycles. The molecule has 1 atom stereocenters. The zero-order chi connectivity index (χ0) is 13.1. The predicted octanol–water partition coefficient (Wildman–Crippen LogP) is 0.285. The van der Waals surface area contributed by atoms with Crippen molar-refractivity contribution in [2.75, 3.05) is 6.61 Å². The molecule has 18 heavy (non-hydrogen) atoms. The summed E-state index contributed by atoms with van der Waals surface area (Å²) in [6.07, 6.45) is -0.186. The van der Waals surface area contributed by atoms with E-state index in [9.17, 15) is 9.59 Å². The van der Waals surface area contributed by atoms with Crippen molar-refractivity contribution >= 4 is 12.0 Å². The number of rotatable bonds is 4. The summed E-state index contributed by atoms with van der Waals surface area (Å²) in [6, 6.07) is 4.64. The van der Waals surface area contributed by atoms with E-state index in [1.807, 2.05) is 18.2 Å². The van der Waals surface area contributed by atoms with Crippen LogP contribution in [0.5, 0.6) is 5.75 Å². The number of fused-ring (bicyclic) bond motifs is 1. The highest BCUT2D eigenvalue weighted by atomic mass is 16.5. The number of hydrogen-bond acceptors (Lipinski definition) is 3. The van der Waals surface area contributed by atoms with Gasteiger partial charge in [-0.05, 0) is 17.2 Å². The third kappa shape index (κ3) is 2.71. The van der Waals surface area contributed by atoms with Crippen LogP contribution in [0.3, 0.4) is 0 Å². The lowest BCUT2D eigenvalue weighted by atomic mass is 10.0. The normalized spacial score (nSPS) is 14.4. The van der Waals surface area contributed by atoms with E-state index >= 15 is 0 Å². The van der Waals surface area contributed by atoms with Gasteiger partial charge in [0.25, 0.3) is 0 Å². The first-order valence-electron chi connectivity index (χ1n) is 5.59. The molecular formula is C12H14N2O4. The minimum absolute atomic E-state index is 0.245. The Labute approximate surface area is 104 Å². The van der Waals surface area contributed by atoms with E-state index in [-0.39, 0.29) is 6.42 Å². The summed E-state index contributed by atoms with van der Waals surface area (Å²) < 4.78 is 5.37. The molecule has 1 aliphatic rings. The first-order valence-corrected chi connectivity index (χ1v) is 5.59. The van der Waals surface area contributed by atoms with Crippen molar-refractivity contribution in [1.29, 1.82) is 0 Å². The van der Waals surface area contributed by atoms with Crippen LogP contribution >= 0.6 is 0 Å². The molecule has 1 aromatic carbocycles. The van der Waals surface area contributed by atoms with E-state index < -0.39 is 18.0 Å². The lowest BCUT2D eigenvalue weighted by Crippen LogP contribution is -2.45. The van der Waals surface area contributed by atoms with Crippen molar-refractivity contribution in [3.05, 3.63) is 29.3 Å². The third-order valence-electron chi connectivity index (χ3n) is 2.83. The van der Waals surface area contributed by atoms with E-state index in [1.165, 1.54) is 0 Å². The van der Waals surface area contributed by atoms with Gasteiger partial charge in [-0.1, -0.05) is 12.1 Å². The van der Waals surface area contributed by atoms with Gasteiger partial charge in [-0.25, -0.2) is 4.79 Å². The Morgan fingerprint density at radius 2 is 2.28 bits per heavy atom. The minimum Gasteiger partial charge on any atom is -0.493 e. The molecule has 0 saturated heterocycles. The summed E-state index contributed by atoms with van der Waals surface area (Å²) in [6.45, 7) is 0.658. The molecule has 6 nitrogen and oxygen atoms in total. The van der Waals surface area contributed by atoms with E-state index in [1.54, 1.807) is 0 Å². The molecule has 0 aromatic heterocycles. The van der Waals surface area contributed by atoms with Crippen LogP contribution in [0.25, 0.3) is 0 Å². The molecule has 2 rings (SSSR count). The number of benzene rings is 1. The average Bonchev–Trinajstić information content (AvgIpc) is 2.74. The number of carbonyl (C=O) groups is 2. The molecular weight excluding hydrogens is 236 g/mol. The van der Waals surface area contributed by atoms with Gasteiger partial charge in [-0.2, -0.15) is 0 Å². The van der Waals surface area contributed by atoms with Gasteiger partial charge in [0.05, 0.1) is 6.61 Å². The summed E-state index contributed by atoms with van der Waals surface area (Å²) in [7, 11) is 0. The number of primary amides is 1. The van der Waals surface area contributed by atoms with Crippen LogP contribution in [0.2, 0.25) is 0 Å². The molecule has 4 N–H and O–H groups in total. The Hall–Kier alpha value is -2.24. The molecule has 0 bridgehead atoms. The molecule has 0 unspecified atom stereocenters. The third-order valence-corrected chi connectivity index (χ3v) is 2.83. The van der Waals surface area contributed by atoms with Gasteiger partial charge in [0.2, 0.25) is 5.91 Å². The van der Waals surface area contributed by atoms with Gasteiger partial charge >= 0.3 is 6.09 Å². The fourth-order valence-electron chi connectivity index (χ4n) is 1.97. The number of hydrogen-bond donors (Lipinski definition) is 3. The highest BCUT2D eigenvalue weighted by molar-refractivity contribution is 5.84. The summed E-state index contributed by atoms with van der Waals surface area (Å²) in [5.74, 6) is 0.162. The fraction of sp³-hybridized carbons (Fsp3) is 0.333. The van der Waals surface area contributed by atoms with E-state index in [0.717, 1.165) is 23.3 Å². The first-order chi connectivity index (χ1) is 8.56. The maximum Gasteiger partial charge on any atom is 0.405 e. The molecule has 0 saturated carbocycles. The SMILES string of the molecule is NC(=O)[C@H](Cc1ccc2c(c1)CCO2)NC(=O)O. The van der Waals surface area contributed by atoms with Crippen LogP contribution in [-0.2, 0) is 17.6 Å². The Morgan fingerprint density at radius 1 is 1.50 bits per heavy atom. The largest absolute Gasteiger partial charge is 0.493 e. The molecule has 6 heteroatoms. The predicted molar refractivity (Wildman–Crippen MR) is 63.5 cm³/mol. The van der Waals surface area contributed by atoms with Crippen molar-refractivity contribution in [2.24, 2.45) is 5.73 Å². The zero-order valence-corrected chi connectivity index (χ0v) is 9.68. The molecule has 2 amide bonds. The van der Waals surface area contributed by atoms with Crippen LogP contribution in [0, 0.1) is 0 Å². The second-order valence-electron chi connectivity index (χ2n) is 4.15. The molecule has 0 spiro atoms. The van der Waals surface area contributed by atoms with Gasteiger partial charge in [-0.15, -0.1) is 0 Å². The summed E-state index contributed by atoms with van der Waals surface area (Å²) >= 11 is 0. The number of amides is 2. The van der Waals surface area contributed by atoms with Gasteiger partial charge < -0.3 is 20.9 Å². The summed E-state index contributed by atoms with van der Waals surface area (Å²) in [5, 5.41) is 10.7. The highest BCUT2D eigenvalue weighted by Crippen LogP contribution is 2.26. The maximum atomic E-state index is 11.1. The molecule has 0 aliphatic carbocycles. The summed E-state index contributed by atoms with van der Waals surface area (Å²) in [4.78, 5) is 21.7. The van der Waals surface area contributed by atoms with Gasteiger partial charge in [0.15, 0.2) is 0 Å². The lowest BCUT2D eigenvalue weighted by Gasteiger charge is -2.13. The maximum absolute atomic E-state index is 11.1. The minimum atomic E-state index is -1.26. The van der Waals surface area contributed by atoms with Gasteiger partial charge in [0.1, 0.15) is 11.8 Å². The monoisotopic (exact) mass is 250 g/mol. The average molecular weight is 250 g/mol. The topological polar surface area (TPSA) is 102 Å². The number of nitrogens with one attached hydrogen (secondary N) is 1. The Bertz CT molecular complexity index is 487. The highest BCUT2D eigenvalue weighted by Gasteiger charge is 2.19. The van der Waals surface area contributed by atoms with Crippen LogP contribution in [0.15, 0.2) is 18.2 Å². The van der Waals surface area contributed by atoms with E-state index in [4.69, 9.17) is 15.6 Å². The quantitative estimate of drug-likeness (QED) is 0.714. The zero-order valence-electron chi connectivity index (χ0n) is 9.68. The smallest absolute Gasteiger partial charge is 0.405 e. The van der Waals surface area contributed by atoms with Crippen LogP contribution in [0.1, 0.15) is 11.1 Å². The summed E-state index contributed by atoms with van der Waals surface area (Å²) in [5.41, 5.74) is 7.09. The Morgan fingerprint density at radius 3 is 2.94 bits per heavy atom. The Kier molecular flexibility index (Phi) is 3.36. The van der Waals surface area contributed by atoms with Crippen LogP contribution in [-0.4, -0.2) is 29.8 Å². The molecule has 0 radical (unpaired) electrons. The second-order valence-corrected chi connectivity index (χ2v) is 4.15. The van der Waals surface area contributed by atoms with Crippen molar-refractivity contribution in [3.63, 3.8) is 0 Å². The van der Waals surface area contributed by atoms with Gasteiger partial charge in [-0.3, -0.25) is 4.79 Å². The van der Waals surface area contributed by atoms with E-state index in [0.29, 0.717) is 6.61 Å². The van der Waals surface area contributed by atoms with Crippen molar-refractivity contribution in [3.8, 4) is 5.75 Å². The van der Waals surface area contributed by atoms with Crippen LogP contribution < -0.4 is 15.8 Å². The molecule has 0 fully saturated rings. The van der Waals surface area contributed by atoms with Crippen molar-refractivity contribution in [2.45, 2.75) is 18.9 Å². The van der Waals surface area contributed by atoms with Crippen LogP contribution in [0.4, 0.5) is 4.79 Å². The fourth-order valence-corrected chi connectivity index (χ4v) is 1.97. The number of ether oxygens (including phenoxy) is 1. The molecule has 1 aromatic rings. The van der Waals surface area contributed by atoms with Gasteiger partial charge in [0, 0.05) is 12.8 Å². The lowest BCUT2D eigenvalue weighted by molar-refractivity contribution is -0.119. The number of nitrogens with two attached hydrogens (primary N) is 1. The molecule has 1 heterocycles. The number of carboxylic acid groups (broad SMARTS) is 1. The van der Waals surface area contributed by atoms with Crippen molar-refractivity contribution < 1.29 is 19.4 Å². The first kappa shape index (κ1) is 12.2. The van der Waals surface area contributed by atoms with E-state index in [2.05, 4.69) is 5.32 Å². The second kappa shape index (κ2) is 4.95. The Balaban J connectivity index is 2.11.